The number of allylic oxidation sites excluding steroid dienone is 1. The van der Waals surface area contributed by atoms with Gasteiger partial charge in [0.25, 0.3) is 0 Å². The number of rotatable bonds is 5. The first kappa shape index (κ1) is 21.3. The predicted octanol–water partition coefficient (Wildman–Crippen LogP) is 5.56. The van der Waals surface area contributed by atoms with Gasteiger partial charge in [0, 0.05) is 6.42 Å². The quantitative estimate of drug-likeness (QED) is 0.303. The third-order valence-electron chi connectivity index (χ3n) is 5.52. The Bertz CT molecular complexity index is 1210. The molecule has 160 valence electrons. The smallest absolute Gasteiger partial charge is 0.324 e. The van der Waals surface area contributed by atoms with Gasteiger partial charge < -0.3 is 9.47 Å². The van der Waals surface area contributed by atoms with Crippen molar-refractivity contribution in [2.45, 2.75) is 12.5 Å². The number of hydrogen-bond acceptors (Lipinski definition) is 4. The van der Waals surface area contributed by atoms with Crippen molar-refractivity contribution >= 4 is 17.8 Å². The normalized spacial score (nSPS) is 19.2. The number of Topliss-reactive ketones (excluding diaryl/α,β-unsaturated/α-hetero) is 1. The summed E-state index contributed by atoms with van der Waals surface area (Å²) in [5.41, 5.74) is 2.96. The van der Waals surface area contributed by atoms with Crippen molar-refractivity contribution in [3.8, 4) is 5.75 Å². The fraction of sp³-hybridized carbons (Fsp3) is 0.148. The van der Waals surface area contributed by atoms with Crippen LogP contribution in [0.25, 0.3) is 6.08 Å². The number of carbonyl (C=O) groups is 2. The highest BCUT2D eigenvalue weighted by molar-refractivity contribution is 6.15. The number of benzene rings is 3. The number of fused-ring (bicyclic) bond motifs is 1. The molecule has 1 aliphatic heterocycles. The average molecular weight is 428 g/mol. The summed E-state index contributed by atoms with van der Waals surface area (Å²) in [6.45, 7) is 0. The van der Waals surface area contributed by atoms with Gasteiger partial charge in [-0.3, -0.25) is 9.59 Å². The second kappa shape index (κ2) is 9.04. The molecule has 0 fully saturated rings. The molecule has 0 aliphatic carbocycles. The topological polar surface area (TPSA) is 52.6 Å². The SMILES string of the molecule is COC(=O)C1(CC=C=Cc2cccc(F)c2)C(=O)c2ccccc2OC1c1ccccc1. The number of halogens is 1. The van der Waals surface area contributed by atoms with Crippen LogP contribution >= 0.6 is 0 Å². The van der Waals surface area contributed by atoms with Crippen molar-refractivity contribution in [3.05, 3.63) is 113 Å². The maximum absolute atomic E-state index is 13.7. The first-order valence-electron chi connectivity index (χ1n) is 10.2. The van der Waals surface area contributed by atoms with Gasteiger partial charge in [-0.1, -0.05) is 54.6 Å². The lowest BCUT2D eigenvalue weighted by atomic mass is 9.69. The fourth-order valence-corrected chi connectivity index (χ4v) is 3.96. The van der Waals surface area contributed by atoms with E-state index in [0.29, 0.717) is 22.4 Å². The number of hydrogen-bond donors (Lipinski definition) is 0. The van der Waals surface area contributed by atoms with Crippen molar-refractivity contribution in [3.63, 3.8) is 0 Å². The van der Waals surface area contributed by atoms with Crippen LogP contribution in [0.4, 0.5) is 4.39 Å². The zero-order chi connectivity index (χ0) is 22.6. The van der Waals surface area contributed by atoms with E-state index in [9.17, 15) is 14.0 Å². The van der Waals surface area contributed by atoms with Crippen LogP contribution in [0.5, 0.6) is 5.75 Å². The predicted molar refractivity (Wildman–Crippen MR) is 119 cm³/mol. The van der Waals surface area contributed by atoms with E-state index >= 15 is 0 Å². The van der Waals surface area contributed by atoms with Gasteiger partial charge in [0.1, 0.15) is 17.7 Å². The molecule has 4 nitrogen and oxygen atoms in total. The lowest BCUT2D eigenvalue weighted by molar-refractivity contribution is -0.155. The molecule has 0 radical (unpaired) electrons. The third kappa shape index (κ3) is 3.86. The standard InChI is InChI=1S/C27H21FO4/c1-31-26(30)27(17-8-7-10-19-11-9-14-21(28)18-19)24(29)22-15-5-6-16-23(22)32-25(27)20-12-3-2-4-13-20/h2-6,8-16,18,25H,17H2,1H3. The molecule has 0 bridgehead atoms. The number of ketones is 1. The van der Waals surface area contributed by atoms with Gasteiger partial charge in [-0.05, 0) is 47.5 Å². The van der Waals surface area contributed by atoms with E-state index in [0.717, 1.165) is 0 Å². The van der Waals surface area contributed by atoms with Crippen LogP contribution in [0.2, 0.25) is 0 Å². The number of para-hydroxylation sites is 1. The van der Waals surface area contributed by atoms with Gasteiger partial charge in [-0.25, -0.2) is 4.39 Å². The molecule has 0 amide bonds. The first-order valence-corrected chi connectivity index (χ1v) is 10.2. The van der Waals surface area contributed by atoms with Gasteiger partial charge in [-0.2, -0.15) is 0 Å². The Morgan fingerprint density at radius 1 is 1.09 bits per heavy atom. The van der Waals surface area contributed by atoms with Crippen molar-refractivity contribution in [2.75, 3.05) is 7.11 Å². The largest absolute Gasteiger partial charge is 0.483 e. The third-order valence-corrected chi connectivity index (χ3v) is 5.52. The maximum atomic E-state index is 13.7. The summed E-state index contributed by atoms with van der Waals surface area (Å²) in [6.07, 6.45) is 2.30. The van der Waals surface area contributed by atoms with Gasteiger partial charge in [0.05, 0.1) is 12.7 Å². The number of carbonyl (C=O) groups excluding carboxylic acids is 2. The monoisotopic (exact) mass is 428 g/mol. The van der Waals surface area contributed by atoms with Gasteiger partial charge in [0.15, 0.2) is 11.2 Å². The van der Waals surface area contributed by atoms with Crippen LogP contribution < -0.4 is 4.74 Å². The van der Waals surface area contributed by atoms with Crippen molar-refractivity contribution in [1.29, 1.82) is 0 Å². The van der Waals surface area contributed by atoms with Crippen LogP contribution in [0.15, 0.2) is 90.7 Å². The summed E-state index contributed by atoms with van der Waals surface area (Å²) in [4.78, 5) is 26.9. The molecule has 32 heavy (non-hydrogen) atoms. The maximum Gasteiger partial charge on any atom is 0.324 e. The molecule has 1 aliphatic rings. The molecule has 0 spiro atoms. The highest BCUT2D eigenvalue weighted by Crippen LogP contribution is 2.49. The Kier molecular flexibility index (Phi) is 6.02. The van der Waals surface area contributed by atoms with Gasteiger partial charge >= 0.3 is 5.97 Å². The van der Waals surface area contributed by atoms with Crippen LogP contribution in [0, 0.1) is 11.2 Å². The molecular formula is C27H21FO4. The molecule has 3 aromatic rings. The summed E-state index contributed by atoms with van der Waals surface area (Å²) in [7, 11) is 1.26. The number of esters is 1. The summed E-state index contributed by atoms with van der Waals surface area (Å²) >= 11 is 0. The molecule has 4 rings (SSSR count). The summed E-state index contributed by atoms with van der Waals surface area (Å²) < 4.78 is 24.8. The fourth-order valence-electron chi connectivity index (χ4n) is 3.96. The first-order chi connectivity index (χ1) is 15.6. The number of methoxy groups -OCH3 is 1. The molecule has 0 saturated heterocycles. The summed E-state index contributed by atoms with van der Waals surface area (Å²) in [5, 5.41) is 0. The molecule has 2 unspecified atom stereocenters. The second-order valence-electron chi connectivity index (χ2n) is 7.47. The highest BCUT2D eigenvalue weighted by atomic mass is 19.1. The van der Waals surface area contributed by atoms with E-state index in [4.69, 9.17) is 9.47 Å². The highest BCUT2D eigenvalue weighted by Gasteiger charge is 2.57. The van der Waals surface area contributed by atoms with Crippen molar-refractivity contribution in [2.24, 2.45) is 5.41 Å². The molecule has 0 N–H and O–H groups in total. The minimum absolute atomic E-state index is 0.00177. The molecule has 3 aromatic carbocycles. The van der Waals surface area contributed by atoms with Crippen LogP contribution in [-0.4, -0.2) is 18.9 Å². The minimum atomic E-state index is -1.63. The summed E-state index contributed by atoms with van der Waals surface area (Å²) in [6, 6.07) is 22.0. The van der Waals surface area contributed by atoms with E-state index in [1.807, 2.05) is 30.3 Å². The van der Waals surface area contributed by atoms with Crippen molar-refractivity contribution in [1.82, 2.24) is 0 Å². The Labute approximate surface area is 185 Å². The Balaban J connectivity index is 1.81. The van der Waals surface area contributed by atoms with Crippen molar-refractivity contribution < 1.29 is 23.5 Å². The summed E-state index contributed by atoms with van der Waals surface area (Å²) in [5.74, 6) is -0.994. The van der Waals surface area contributed by atoms with Crippen LogP contribution in [-0.2, 0) is 9.53 Å². The molecule has 2 atom stereocenters. The molecular weight excluding hydrogens is 407 g/mol. The second-order valence-corrected chi connectivity index (χ2v) is 7.47. The zero-order valence-corrected chi connectivity index (χ0v) is 17.5. The molecule has 0 saturated carbocycles. The van der Waals surface area contributed by atoms with E-state index in [-0.39, 0.29) is 18.0 Å². The minimum Gasteiger partial charge on any atom is -0.483 e. The Hall–Kier alpha value is -3.95. The Morgan fingerprint density at radius 2 is 1.84 bits per heavy atom. The van der Waals surface area contributed by atoms with Gasteiger partial charge in [-0.15, -0.1) is 5.73 Å². The van der Waals surface area contributed by atoms with Crippen LogP contribution in [0.1, 0.15) is 34.0 Å². The van der Waals surface area contributed by atoms with E-state index in [1.54, 1.807) is 48.6 Å². The molecule has 5 heteroatoms. The zero-order valence-electron chi connectivity index (χ0n) is 17.5. The van der Waals surface area contributed by atoms with E-state index in [1.165, 1.54) is 19.2 Å². The molecule has 0 aromatic heterocycles. The van der Waals surface area contributed by atoms with E-state index < -0.39 is 17.5 Å². The van der Waals surface area contributed by atoms with Gasteiger partial charge in [0.2, 0.25) is 0 Å². The lowest BCUT2D eigenvalue weighted by Crippen LogP contribution is -2.49. The van der Waals surface area contributed by atoms with E-state index in [2.05, 4.69) is 5.73 Å². The average Bonchev–Trinajstić information content (AvgIpc) is 2.83. The Morgan fingerprint density at radius 3 is 2.59 bits per heavy atom. The molecule has 1 heterocycles. The van der Waals surface area contributed by atoms with Crippen LogP contribution in [0.3, 0.4) is 0 Å². The lowest BCUT2D eigenvalue weighted by Gasteiger charge is -2.40. The number of ether oxygens (including phenoxy) is 2.